The lowest BCUT2D eigenvalue weighted by molar-refractivity contribution is -0.0163. The molecule has 0 aromatic heterocycles. The van der Waals surface area contributed by atoms with E-state index in [-0.39, 0.29) is 18.7 Å². The summed E-state index contributed by atoms with van der Waals surface area (Å²) in [6.45, 7) is 2.47. The van der Waals surface area contributed by atoms with Gasteiger partial charge in [-0.2, -0.15) is 0 Å². The Morgan fingerprint density at radius 3 is 2.83 bits per heavy atom. The van der Waals surface area contributed by atoms with E-state index in [2.05, 4.69) is 5.32 Å². The van der Waals surface area contributed by atoms with E-state index in [1.807, 2.05) is 30.3 Å². The molecule has 5 heteroatoms. The van der Waals surface area contributed by atoms with E-state index in [1.54, 1.807) is 25.1 Å². The Hall–Kier alpha value is -2.37. The molecule has 2 N–H and O–H groups in total. The van der Waals surface area contributed by atoms with E-state index in [0.717, 1.165) is 16.9 Å². The van der Waals surface area contributed by atoms with Crippen molar-refractivity contribution in [2.45, 2.75) is 32.1 Å². The van der Waals surface area contributed by atoms with Crippen LogP contribution in [0.25, 0.3) is 0 Å². The third-order valence-electron chi connectivity index (χ3n) is 4.10. The van der Waals surface area contributed by atoms with Gasteiger partial charge in [-0.3, -0.25) is 4.79 Å². The fraction of sp³-hybridized carbons (Fsp3) is 0.316. The van der Waals surface area contributed by atoms with Crippen molar-refractivity contribution in [3.63, 3.8) is 0 Å². The molecule has 0 saturated heterocycles. The van der Waals surface area contributed by atoms with Gasteiger partial charge in [-0.1, -0.05) is 30.3 Å². The summed E-state index contributed by atoms with van der Waals surface area (Å²) in [5.41, 5.74) is 2.42. The lowest BCUT2D eigenvalue weighted by atomic mass is 10.0. The SMILES string of the molecule is C[C@@H](NC(=O)c1ccc2c(c1)COCO2)[C@@H](O)Cc1ccccc1. The van der Waals surface area contributed by atoms with E-state index in [4.69, 9.17) is 9.47 Å². The first-order valence-electron chi connectivity index (χ1n) is 8.00. The average molecular weight is 327 g/mol. The quantitative estimate of drug-likeness (QED) is 0.884. The van der Waals surface area contributed by atoms with Gasteiger partial charge in [0.2, 0.25) is 0 Å². The van der Waals surface area contributed by atoms with Crippen molar-refractivity contribution in [2.75, 3.05) is 6.79 Å². The predicted molar refractivity (Wildman–Crippen MR) is 89.8 cm³/mol. The topological polar surface area (TPSA) is 67.8 Å². The monoisotopic (exact) mass is 327 g/mol. The van der Waals surface area contributed by atoms with Crippen molar-refractivity contribution in [3.05, 3.63) is 65.2 Å². The number of carbonyl (C=O) groups is 1. The summed E-state index contributed by atoms with van der Waals surface area (Å²) < 4.78 is 10.6. The van der Waals surface area contributed by atoms with Gasteiger partial charge in [0.25, 0.3) is 5.91 Å². The lowest BCUT2D eigenvalue weighted by Crippen LogP contribution is -2.42. The molecular weight excluding hydrogens is 306 g/mol. The number of ether oxygens (including phenoxy) is 2. The number of hydrogen-bond donors (Lipinski definition) is 2. The number of benzene rings is 2. The Bertz CT molecular complexity index is 702. The highest BCUT2D eigenvalue weighted by Gasteiger charge is 2.19. The minimum absolute atomic E-state index is 0.219. The molecule has 24 heavy (non-hydrogen) atoms. The molecule has 1 heterocycles. The molecule has 0 spiro atoms. The van der Waals surface area contributed by atoms with Crippen LogP contribution in [0.15, 0.2) is 48.5 Å². The number of fused-ring (bicyclic) bond motifs is 1. The summed E-state index contributed by atoms with van der Waals surface area (Å²) in [4.78, 5) is 12.4. The maximum absolute atomic E-state index is 12.4. The maximum atomic E-state index is 12.4. The van der Waals surface area contributed by atoms with Crippen LogP contribution in [0.1, 0.15) is 28.4 Å². The minimum Gasteiger partial charge on any atom is -0.467 e. The molecule has 0 radical (unpaired) electrons. The zero-order valence-electron chi connectivity index (χ0n) is 13.6. The predicted octanol–water partition coefficient (Wildman–Crippen LogP) is 2.28. The second-order valence-electron chi connectivity index (χ2n) is 5.95. The van der Waals surface area contributed by atoms with Gasteiger partial charge in [-0.15, -0.1) is 0 Å². The molecule has 2 aromatic rings. The molecule has 1 aliphatic heterocycles. The number of aliphatic hydroxyl groups excluding tert-OH is 1. The van der Waals surface area contributed by atoms with Gasteiger partial charge >= 0.3 is 0 Å². The number of hydrogen-bond acceptors (Lipinski definition) is 4. The molecule has 3 rings (SSSR count). The second-order valence-corrected chi connectivity index (χ2v) is 5.95. The van der Waals surface area contributed by atoms with Crippen LogP contribution >= 0.6 is 0 Å². The smallest absolute Gasteiger partial charge is 0.251 e. The number of amides is 1. The highest BCUT2D eigenvalue weighted by Crippen LogP contribution is 2.24. The first-order valence-corrected chi connectivity index (χ1v) is 8.00. The first-order chi connectivity index (χ1) is 11.6. The molecule has 0 unspecified atom stereocenters. The van der Waals surface area contributed by atoms with Crippen LogP contribution < -0.4 is 10.1 Å². The van der Waals surface area contributed by atoms with Crippen molar-refractivity contribution in [3.8, 4) is 5.75 Å². The minimum atomic E-state index is -0.652. The highest BCUT2D eigenvalue weighted by molar-refractivity contribution is 5.94. The van der Waals surface area contributed by atoms with E-state index in [0.29, 0.717) is 18.6 Å². The summed E-state index contributed by atoms with van der Waals surface area (Å²) in [5, 5.41) is 13.2. The van der Waals surface area contributed by atoms with Crippen LogP contribution in [0.5, 0.6) is 5.75 Å². The zero-order chi connectivity index (χ0) is 16.9. The Morgan fingerprint density at radius 2 is 2.04 bits per heavy atom. The Kier molecular flexibility index (Phi) is 5.13. The van der Waals surface area contributed by atoms with E-state index < -0.39 is 6.10 Å². The van der Waals surface area contributed by atoms with Crippen molar-refractivity contribution < 1.29 is 19.4 Å². The summed E-state index contributed by atoms with van der Waals surface area (Å²) in [7, 11) is 0. The maximum Gasteiger partial charge on any atom is 0.251 e. The Labute approximate surface area is 141 Å². The van der Waals surface area contributed by atoms with Crippen LogP contribution in [0.2, 0.25) is 0 Å². The summed E-state index contributed by atoms with van der Waals surface area (Å²) in [6.07, 6.45) is -0.158. The van der Waals surface area contributed by atoms with Gasteiger partial charge in [0, 0.05) is 17.5 Å². The molecule has 1 aliphatic rings. The average Bonchev–Trinajstić information content (AvgIpc) is 2.62. The molecule has 2 atom stereocenters. The van der Waals surface area contributed by atoms with Crippen molar-refractivity contribution in [2.24, 2.45) is 0 Å². The van der Waals surface area contributed by atoms with E-state index in [9.17, 15) is 9.90 Å². The van der Waals surface area contributed by atoms with Gasteiger partial charge in [0.1, 0.15) is 5.75 Å². The summed E-state index contributed by atoms with van der Waals surface area (Å²) >= 11 is 0. The number of carbonyl (C=O) groups excluding carboxylic acids is 1. The van der Waals surface area contributed by atoms with Gasteiger partial charge in [0.15, 0.2) is 6.79 Å². The Morgan fingerprint density at radius 1 is 1.25 bits per heavy atom. The van der Waals surface area contributed by atoms with Gasteiger partial charge in [-0.05, 0) is 30.7 Å². The number of rotatable bonds is 5. The van der Waals surface area contributed by atoms with Crippen LogP contribution in [0, 0.1) is 0 Å². The largest absolute Gasteiger partial charge is 0.467 e. The van der Waals surface area contributed by atoms with Gasteiger partial charge in [0.05, 0.1) is 18.8 Å². The van der Waals surface area contributed by atoms with Crippen LogP contribution in [0.3, 0.4) is 0 Å². The molecule has 0 fully saturated rings. The van der Waals surface area contributed by atoms with Crippen molar-refractivity contribution in [1.29, 1.82) is 0 Å². The van der Waals surface area contributed by atoms with Gasteiger partial charge < -0.3 is 19.9 Å². The second kappa shape index (κ2) is 7.47. The van der Waals surface area contributed by atoms with E-state index in [1.165, 1.54) is 0 Å². The van der Waals surface area contributed by atoms with Crippen molar-refractivity contribution >= 4 is 5.91 Å². The summed E-state index contributed by atoms with van der Waals surface area (Å²) in [6, 6.07) is 14.6. The molecule has 1 amide bonds. The fourth-order valence-electron chi connectivity index (χ4n) is 2.65. The normalized spacial score (nSPS) is 15.8. The summed E-state index contributed by atoms with van der Waals surface area (Å²) in [5.74, 6) is 0.526. The molecular formula is C19H21NO4. The fourth-order valence-corrected chi connectivity index (χ4v) is 2.65. The standard InChI is InChI=1S/C19H21NO4/c1-13(17(21)9-14-5-3-2-4-6-14)20-19(22)15-7-8-18-16(10-15)11-23-12-24-18/h2-8,10,13,17,21H,9,11-12H2,1H3,(H,20,22)/t13-,17+/m1/s1. The zero-order valence-corrected chi connectivity index (χ0v) is 13.6. The Balaban J connectivity index is 1.61. The molecule has 126 valence electrons. The molecule has 2 aromatic carbocycles. The van der Waals surface area contributed by atoms with Crippen LogP contribution in [-0.2, 0) is 17.8 Å². The third kappa shape index (κ3) is 3.93. The highest BCUT2D eigenvalue weighted by atomic mass is 16.7. The molecule has 0 saturated carbocycles. The van der Waals surface area contributed by atoms with Crippen LogP contribution in [0.4, 0.5) is 0 Å². The van der Waals surface area contributed by atoms with Crippen LogP contribution in [-0.4, -0.2) is 30.0 Å². The number of nitrogens with one attached hydrogen (secondary N) is 1. The van der Waals surface area contributed by atoms with E-state index >= 15 is 0 Å². The molecule has 0 bridgehead atoms. The lowest BCUT2D eigenvalue weighted by Gasteiger charge is -2.21. The first kappa shape index (κ1) is 16.5. The molecule has 5 nitrogen and oxygen atoms in total. The van der Waals surface area contributed by atoms with Gasteiger partial charge in [-0.25, -0.2) is 0 Å². The molecule has 0 aliphatic carbocycles. The number of aliphatic hydroxyl groups is 1. The third-order valence-corrected chi connectivity index (χ3v) is 4.10. The van der Waals surface area contributed by atoms with Crippen molar-refractivity contribution in [1.82, 2.24) is 5.32 Å².